The molecule has 3 heterocycles. The third-order valence-corrected chi connectivity index (χ3v) is 6.33. The Hall–Kier alpha value is -4.43. The van der Waals surface area contributed by atoms with Crippen LogP contribution in [0, 0.1) is 30.7 Å². The third-order valence-electron chi connectivity index (χ3n) is 6.33. The largest absolute Gasteiger partial charge is 0.456 e. The van der Waals surface area contributed by atoms with E-state index < -0.39 is 23.6 Å². The van der Waals surface area contributed by atoms with Crippen molar-refractivity contribution in [2.24, 2.45) is 5.10 Å². The fraction of sp³-hybridized carbons (Fsp3) is 0.0909. The number of anilines is 2. The number of aryl methyl sites for hydroxylation is 1. The molecule has 2 aromatic heterocycles. The van der Waals surface area contributed by atoms with Gasteiger partial charge in [0.15, 0.2) is 0 Å². The molecule has 0 atom stereocenters. The first-order valence-electron chi connectivity index (χ1n) is 13.1. The zero-order chi connectivity index (χ0) is 30.4. The van der Waals surface area contributed by atoms with Gasteiger partial charge < -0.3 is 14.9 Å². The second-order valence-corrected chi connectivity index (χ2v) is 9.21. The van der Waals surface area contributed by atoms with Crippen LogP contribution in [-0.2, 0) is 33.7 Å². The van der Waals surface area contributed by atoms with E-state index in [0.29, 0.717) is 17.2 Å². The summed E-state index contributed by atoms with van der Waals surface area (Å²) >= 11 is 0. The van der Waals surface area contributed by atoms with Crippen LogP contribution in [-0.4, -0.2) is 15.8 Å². The average molecular weight is 780 g/mol. The summed E-state index contributed by atoms with van der Waals surface area (Å²) in [4.78, 5) is 9.00. The maximum Gasteiger partial charge on any atom is 0.370 e. The molecule has 1 aliphatic rings. The Morgan fingerprint density at radius 2 is 1.57 bits per heavy atom. The maximum absolute atomic E-state index is 13.3. The predicted octanol–water partition coefficient (Wildman–Crippen LogP) is 8.10. The van der Waals surface area contributed by atoms with Crippen molar-refractivity contribution >= 4 is 17.2 Å². The van der Waals surface area contributed by atoms with Crippen LogP contribution in [0.3, 0.4) is 0 Å². The van der Waals surface area contributed by atoms with Gasteiger partial charge in [0, 0.05) is 38.5 Å². The fourth-order valence-corrected chi connectivity index (χ4v) is 4.14. The monoisotopic (exact) mass is 779 g/mol. The van der Waals surface area contributed by atoms with E-state index in [1.807, 2.05) is 78.6 Å². The summed E-state index contributed by atoms with van der Waals surface area (Å²) in [5.74, 6) is -1.09. The molecule has 44 heavy (non-hydrogen) atoms. The van der Waals surface area contributed by atoms with Gasteiger partial charge in [-0.15, -0.1) is 18.8 Å². The van der Waals surface area contributed by atoms with E-state index in [-0.39, 0.29) is 26.6 Å². The van der Waals surface area contributed by atoms with Gasteiger partial charge in [0.1, 0.15) is 17.7 Å². The minimum Gasteiger partial charge on any atom is -0.456 e. The first-order chi connectivity index (χ1) is 20.7. The number of hydrazone groups is 1. The van der Waals surface area contributed by atoms with Crippen molar-refractivity contribution in [1.82, 2.24) is 9.97 Å². The number of hydrogen-bond donors (Lipinski definition) is 0. The van der Waals surface area contributed by atoms with Gasteiger partial charge in [-0.2, -0.15) is 36.5 Å². The Labute approximate surface area is 266 Å². The molecule has 11 heteroatoms. The van der Waals surface area contributed by atoms with Crippen LogP contribution in [0.25, 0.3) is 11.3 Å². The van der Waals surface area contributed by atoms with Gasteiger partial charge in [-0.25, -0.2) is 8.78 Å². The second-order valence-electron chi connectivity index (χ2n) is 9.21. The molecule has 0 amide bonds. The average Bonchev–Trinajstić information content (AvgIpc) is 3.48. The van der Waals surface area contributed by atoms with Gasteiger partial charge in [0.25, 0.3) is 0 Å². The summed E-state index contributed by atoms with van der Waals surface area (Å²) < 4.78 is 64.3. The van der Waals surface area contributed by atoms with E-state index in [0.717, 1.165) is 41.4 Å². The van der Waals surface area contributed by atoms with Crippen LogP contribution in [0.4, 0.5) is 33.3 Å². The van der Waals surface area contributed by atoms with Crippen LogP contribution < -0.4 is 9.91 Å². The molecule has 0 aliphatic carbocycles. The molecule has 0 N–H and O–H groups in total. The Bertz CT molecular complexity index is 1700. The van der Waals surface area contributed by atoms with E-state index >= 15 is 0 Å². The van der Waals surface area contributed by atoms with Crippen molar-refractivity contribution in [2.75, 3.05) is 9.91 Å². The number of halogens is 5. The number of aromatic nitrogens is 2. The summed E-state index contributed by atoms with van der Waals surface area (Å²) in [5.41, 5.74) is 3.03. The van der Waals surface area contributed by atoms with Crippen molar-refractivity contribution in [3.8, 4) is 11.3 Å². The molecule has 1 aliphatic heterocycles. The van der Waals surface area contributed by atoms with Gasteiger partial charge >= 0.3 is 6.18 Å². The molecule has 0 fully saturated rings. The first kappa shape index (κ1) is 32.5. The molecule has 0 saturated carbocycles. The van der Waals surface area contributed by atoms with Crippen molar-refractivity contribution in [3.05, 3.63) is 151 Å². The quantitative estimate of drug-likeness (QED) is 0.103. The molecule has 6 rings (SSSR count). The number of pyridine rings is 2. The SMILES string of the molecule is CCc1ccnc(-c2[c-]cc(F)nc2F)c1.FC(F)(F)c1c[c-]c(N2[CH-]N(c3ccccc3)C(c3ccccc3)=N2)cc1.[Pt]. The van der Waals surface area contributed by atoms with Gasteiger partial charge in [0.05, 0.1) is 0 Å². The number of rotatable bonds is 5. The maximum atomic E-state index is 13.3. The van der Waals surface area contributed by atoms with E-state index in [1.165, 1.54) is 11.1 Å². The third kappa shape index (κ3) is 7.74. The van der Waals surface area contributed by atoms with E-state index in [9.17, 15) is 22.0 Å². The molecular formula is C33H23F5N5Pt-3. The van der Waals surface area contributed by atoms with Crippen LogP contribution in [0.2, 0.25) is 0 Å². The van der Waals surface area contributed by atoms with Crippen molar-refractivity contribution in [2.45, 2.75) is 19.5 Å². The molecule has 0 unspecified atom stereocenters. The Balaban J connectivity index is 0.000000223. The molecule has 228 valence electrons. The predicted molar refractivity (Wildman–Crippen MR) is 155 cm³/mol. The van der Waals surface area contributed by atoms with E-state index in [2.05, 4.69) is 27.2 Å². The Morgan fingerprint density at radius 1 is 0.864 bits per heavy atom. The molecule has 0 bridgehead atoms. The smallest absolute Gasteiger partial charge is 0.370 e. The van der Waals surface area contributed by atoms with E-state index in [4.69, 9.17) is 0 Å². The fourth-order valence-electron chi connectivity index (χ4n) is 4.14. The Kier molecular flexibility index (Phi) is 10.6. The van der Waals surface area contributed by atoms with Gasteiger partial charge in [-0.1, -0.05) is 90.0 Å². The molecular weight excluding hydrogens is 756 g/mol. The van der Waals surface area contributed by atoms with Crippen molar-refractivity contribution in [1.29, 1.82) is 0 Å². The van der Waals surface area contributed by atoms with Crippen LogP contribution in [0.1, 0.15) is 23.6 Å². The zero-order valence-electron chi connectivity index (χ0n) is 23.0. The number of amidine groups is 1. The van der Waals surface area contributed by atoms with Gasteiger partial charge in [-0.3, -0.25) is 4.98 Å². The summed E-state index contributed by atoms with van der Waals surface area (Å²) in [7, 11) is 0. The summed E-state index contributed by atoms with van der Waals surface area (Å²) in [6, 6.07) is 32.3. The van der Waals surface area contributed by atoms with Crippen LogP contribution in [0.5, 0.6) is 0 Å². The van der Waals surface area contributed by atoms with E-state index in [1.54, 1.807) is 18.9 Å². The first-order valence-corrected chi connectivity index (χ1v) is 13.1. The molecule has 5 nitrogen and oxygen atoms in total. The number of hydrogen-bond acceptors (Lipinski definition) is 5. The van der Waals surface area contributed by atoms with Crippen LogP contribution in [0.15, 0.2) is 108 Å². The minimum absolute atomic E-state index is 0. The van der Waals surface area contributed by atoms with Crippen molar-refractivity contribution in [3.63, 3.8) is 0 Å². The Morgan fingerprint density at radius 3 is 2.18 bits per heavy atom. The molecule has 5 aromatic rings. The summed E-state index contributed by atoms with van der Waals surface area (Å²) in [6.07, 6.45) is -1.98. The van der Waals surface area contributed by atoms with Crippen molar-refractivity contribution < 1.29 is 43.0 Å². The van der Waals surface area contributed by atoms with Gasteiger partial charge in [0.2, 0.25) is 0 Å². The van der Waals surface area contributed by atoms with Gasteiger partial charge in [-0.05, 0) is 30.3 Å². The summed E-state index contributed by atoms with van der Waals surface area (Å²) in [5, 5.41) is 6.11. The normalized spacial score (nSPS) is 12.6. The minimum atomic E-state index is -4.39. The second kappa shape index (κ2) is 14.4. The molecule has 0 saturated heterocycles. The molecule has 3 aromatic carbocycles. The number of para-hydroxylation sites is 1. The summed E-state index contributed by atoms with van der Waals surface area (Å²) in [6.45, 7) is 3.72. The molecule has 0 radical (unpaired) electrons. The zero-order valence-corrected chi connectivity index (χ0v) is 25.3. The number of nitrogens with zero attached hydrogens (tertiary/aromatic N) is 5. The number of alkyl halides is 3. The molecule has 0 spiro atoms. The number of benzene rings is 3. The standard InChI is InChI=1S/C21H14F3N3.C12H9F2N2.Pt/c22-21(23,24)17-11-13-19(14-12-17)27-15-26(18-9-5-2-6-10-18)20(25-27)16-7-3-1-4-8-16;1-2-8-5-6-15-10(7-8)9-3-4-11(13)16-12(9)14;/h1-13,15H;4-7H,2H2,1H3;/q-2;-1;. The van der Waals surface area contributed by atoms with Crippen LogP contribution >= 0.6 is 0 Å². The topological polar surface area (TPSA) is 44.6 Å².